The Morgan fingerprint density at radius 3 is 2.59 bits per heavy atom. The fourth-order valence-corrected chi connectivity index (χ4v) is 3.75. The zero-order valence-corrected chi connectivity index (χ0v) is 18.9. The van der Waals surface area contributed by atoms with Gasteiger partial charge in [0.25, 0.3) is 5.69 Å². The molecule has 0 unspecified atom stereocenters. The summed E-state index contributed by atoms with van der Waals surface area (Å²) >= 11 is 6.47. The molecule has 1 aliphatic rings. The first-order valence-corrected chi connectivity index (χ1v) is 11.2. The van der Waals surface area contributed by atoms with Crippen molar-refractivity contribution < 1.29 is 19.2 Å². The van der Waals surface area contributed by atoms with Crippen LogP contribution in [0.5, 0.6) is 11.5 Å². The minimum atomic E-state index is -0.434. The quantitative estimate of drug-likeness (QED) is 0.287. The van der Waals surface area contributed by atoms with Gasteiger partial charge in [0.1, 0.15) is 6.61 Å². The number of benzene rings is 2. The number of nitrogens with zero attached hydrogens (tertiary/aromatic N) is 2. The molecule has 0 atom stereocenters. The lowest BCUT2D eigenvalue weighted by Crippen LogP contribution is -2.28. The number of nitro benzene ring substituents is 1. The molecule has 172 valence electrons. The number of carbonyl (C=O) groups is 1. The fourth-order valence-electron chi connectivity index (χ4n) is 3.53. The number of rotatable bonds is 12. The molecule has 1 amide bonds. The zero-order valence-electron chi connectivity index (χ0n) is 18.1. The average Bonchev–Trinajstić information content (AvgIpc) is 3.19. The summed E-state index contributed by atoms with van der Waals surface area (Å²) in [6.45, 7) is 5.61. The Balaban J connectivity index is 1.54. The van der Waals surface area contributed by atoms with Crippen molar-refractivity contribution in [2.45, 2.75) is 39.3 Å². The highest BCUT2D eigenvalue weighted by Gasteiger charge is 2.19. The van der Waals surface area contributed by atoms with E-state index in [4.69, 9.17) is 21.1 Å². The molecule has 1 fully saturated rings. The van der Waals surface area contributed by atoms with Crippen molar-refractivity contribution >= 4 is 23.2 Å². The number of non-ortho nitro benzene ring substituents is 1. The van der Waals surface area contributed by atoms with E-state index in [0.717, 1.165) is 43.6 Å². The van der Waals surface area contributed by atoms with Gasteiger partial charge >= 0.3 is 0 Å². The lowest BCUT2D eigenvalue weighted by molar-refractivity contribution is -0.384. The third-order valence-electron chi connectivity index (χ3n) is 5.22. The molecule has 0 radical (unpaired) electrons. The Morgan fingerprint density at radius 1 is 1.19 bits per heavy atom. The molecule has 0 aromatic heterocycles. The first-order valence-electron chi connectivity index (χ1n) is 10.8. The predicted octanol–water partition coefficient (Wildman–Crippen LogP) is 4.33. The first-order chi connectivity index (χ1) is 15.5. The van der Waals surface area contributed by atoms with Gasteiger partial charge in [0.2, 0.25) is 5.91 Å². The van der Waals surface area contributed by atoms with Crippen molar-refractivity contribution in [1.82, 2.24) is 10.2 Å². The smallest absolute Gasteiger partial charge is 0.269 e. The number of hydrogen-bond donors (Lipinski definition) is 1. The van der Waals surface area contributed by atoms with E-state index in [1.165, 1.54) is 12.1 Å². The highest BCUT2D eigenvalue weighted by Crippen LogP contribution is 2.34. The maximum absolute atomic E-state index is 11.7. The van der Waals surface area contributed by atoms with Gasteiger partial charge in [-0.1, -0.05) is 11.6 Å². The predicted molar refractivity (Wildman–Crippen MR) is 122 cm³/mol. The molecule has 2 aromatic carbocycles. The molecule has 32 heavy (non-hydrogen) atoms. The lowest BCUT2D eigenvalue weighted by Gasteiger charge is -2.17. The number of nitro groups is 1. The molecule has 0 saturated carbocycles. The van der Waals surface area contributed by atoms with Gasteiger partial charge in [0.05, 0.1) is 11.5 Å². The van der Waals surface area contributed by atoms with Gasteiger partial charge in [-0.25, -0.2) is 0 Å². The molecule has 1 heterocycles. The SMILES string of the molecule is CCOc1cc(CNCCCN2CCCC2=O)c(Cl)cc1OCc1ccc([N+](=O)[O-])cc1. The molecule has 2 aromatic rings. The fraction of sp³-hybridized carbons (Fsp3) is 0.435. The second-order valence-corrected chi connectivity index (χ2v) is 7.96. The summed E-state index contributed by atoms with van der Waals surface area (Å²) < 4.78 is 11.6. The minimum Gasteiger partial charge on any atom is -0.490 e. The number of nitrogens with one attached hydrogen (secondary N) is 1. The van der Waals surface area contributed by atoms with Gasteiger partial charge < -0.3 is 19.7 Å². The Morgan fingerprint density at radius 2 is 1.94 bits per heavy atom. The molecule has 9 heteroatoms. The van der Waals surface area contributed by atoms with Crippen molar-refractivity contribution in [3.05, 3.63) is 62.7 Å². The summed E-state index contributed by atoms with van der Waals surface area (Å²) in [5.74, 6) is 1.36. The standard InChI is InChI=1S/C23H28ClN3O5/c1-2-31-21-13-18(15-25-10-4-12-26-11-3-5-23(26)28)20(24)14-22(21)32-16-17-6-8-19(9-7-17)27(29)30/h6-9,13-14,25H,2-5,10-12,15-16H2,1H3. The van der Waals surface area contributed by atoms with Gasteiger partial charge in [-0.2, -0.15) is 0 Å². The van der Waals surface area contributed by atoms with Crippen LogP contribution in [0.1, 0.15) is 37.3 Å². The molecular weight excluding hydrogens is 434 g/mol. The normalized spacial score (nSPS) is 13.4. The Bertz CT molecular complexity index is 936. The first kappa shape index (κ1) is 23.8. The van der Waals surface area contributed by atoms with E-state index >= 15 is 0 Å². The molecule has 3 rings (SSSR count). The molecule has 1 aliphatic heterocycles. The summed E-state index contributed by atoms with van der Waals surface area (Å²) in [4.78, 5) is 23.9. The monoisotopic (exact) mass is 461 g/mol. The summed E-state index contributed by atoms with van der Waals surface area (Å²) in [6.07, 6.45) is 2.51. The van der Waals surface area contributed by atoms with E-state index in [2.05, 4.69) is 5.32 Å². The van der Waals surface area contributed by atoms with Crippen LogP contribution in [0.3, 0.4) is 0 Å². The van der Waals surface area contributed by atoms with E-state index in [1.807, 2.05) is 17.9 Å². The zero-order chi connectivity index (χ0) is 22.9. The second-order valence-electron chi connectivity index (χ2n) is 7.55. The van der Waals surface area contributed by atoms with Gasteiger partial charge in [0.15, 0.2) is 11.5 Å². The number of ether oxygens (including phenoxy) is 2. The molecule has 8 nitrogen and oxygen atoms in total. The van der Waals surface area contributed by atoms with Crippen molar-refractivity contribution in [1.29, 1.82) is 0 Å². The van der Waals surface area contributed by atoms with Crippen LogP contribution in [0.2, 0.25) is 5.02 Å². The van der Waals surface area contributed by atoms with Crippen molar-refractivity contribution in [2.24, 2.45) is 0 Å². The van der Waals surface area contributed by atoms with Crippen LogP contribution in [-0.2, 0) is 17.9 Å². The maximum Gasteiger partial charge on any atom is 0.269 e. The summed E-state index contributed by atoms with van der Waals surface area (Å²) in [6, 6.07) is 9.82. The molecule has 0 aliphatic carbocycles. The Hall–Kier alpha value is -2.84. The van der Waals surface area contributed by atoms with Crippen LogP contribution in [0.15, 0.2) is 36.4 Å². The summed E-state index contributed by atoms with van der Waals surface area (Å²) in [5, 5.41) is 14.7. The highest BCUT2D eigenvalue weighted by atomic mass is 35.5. The Kier molecular flexibility index (Phi) is 8.70. The topological polar surface area (TPSA) is 93.9 Å². The molecule has 0 spiro atoms. The van der Waals surface area contributed by atoms with Crippen molar-refractivity contribution in [2.75, 3.05) is 26.2 Å². The maximum atomic E-state index is 11.7. The molecular formula is C23H28ClN3O5. The van der Waals surface area contributed by atoms with E-state index < -0.39 is 4.92 Å². The third kappa shape index (κ3) is 6.58. The van der Waals surface area contributed by atoms with Crippen LogP contribution < -0.4 is 14.8 Å². The molecule has 1 saturated heterocycles. The number of carbonyl (C=O) groups excluding carboxylic acids is 1. The second kappa shape index (κ2) is 11.7. The number of halogens is 1. The van der Waals surface area contributed by atoms with Gasteiger partial charge in [-0.05, 0) is 55.6 Å². The van der Waals surface area contributed by atoms with Crippen molar-refractivity contribution in [3.63, 3.8) is 0 Å². The van der Waals surface area contributed by atoms with Gasteiger partial charge in [-0.3, -0.25) is 14.9 Å². The van der Waals surface area contributed by atoms with Crippen LogP contribution >= 0.6 is 11.6 Å². The Labute approximate surface area is 192 Å². The van der Waals surface area contributed by atoms with Gasteiger partial charge in [0, 0.05) is 49.3 Å². The van der Waals surface area contributed by atoms with E-state index in [1.54, 1.807) is 18.2 Å². The molecule has 1 N–H and O–H groups in total. The lowest BCUT2D eigenvalue weighted by atomic mass is 10.2. The van der Waals surface area contributed by atoms with Gasteiger partial charge in [-0.15, -0.1) is 0 Å². The van der Waals surface area contributed by atoms with Crippen molar-refractivity contribution in [3.8, 4) is 11.5 Å². The minimum absolute atomic E-state index is 0.0377. The van der Waals surface area contributed by atoms with Crippen LogP contribution in [0.4, 0.5) is 5.69 Å². The average molecular weight is 462 g/mol. The van der Waals surface area contributed by atoms with E-state index in [-0.39, 0.29) is 18.2 Å². The van der Waals surface area contributed by atoms with E-state index in [0.29, 0.717) is 36.1 Å². The number of hydrogen-bond acceptors (Lipinski definition) is 6. The van der Waals surface area contributed by atoms with Crippen LogP contribution in [0, 0.1) is 10.1 Å². The highest BCUT2D eigenvalue weighted by molar-refractivity contribution is 6.31. The summed E-state index contributed by atoms with van der Waals surface area (Å²) in [5.41, 5.74) is 1.74. The van der Waals surface area contributed by atoms with Crippen LogP contribution in [0.25, 0.3) is 0 Å². The summed E-state index contributed by atoms with van der Waals surface area (Å²) in [7, 11) is 0. The van der Waals surface area contributed by atoms with Crippen LogP contribution in [-0.4, -0.2) is 42.0 Å². The van der Waals surface area contributed by atoms with E-state index in [9.17, 15) is 14.9 Å². The third-order valence-corrected chi connectivity index (χ3v) is 5.57. The number of amides is 1. The molecule has 0 bridgehead atoms. The largest absolute Gasteiger partial charge is 0.490 e. The number of likely N-dealkylation sites (tertiary alicyclic amines) is 1.